The molecule has 0 bridgehead atoms. The van der Waals surface area contributed by atoms with E-state index in [-0.39, 0.29) is 21.7 Å². The predicted octanol–water partition coefficient (Wildman–Crippen LogP) is 13.7. The van der Waals surface area contributed by atoms with Crippen LogP contribution in [-0.2, 0) is 21.7 Å². The van der Waals surface area contributed by atoms with Crippen molar-refractivity contribution in [3.63, 3.8) is 0 Å². The summed E-state index contributed by atoms with van der Waals surface area (Å²) in [7, 11) is 0. The molecule has 5 aromatic carbocycles. The van der Waals surface area contributed by atoms with Gasteiger partial charge < -0.3 is 9.13 Å². The summed E-state index contributed by atoms with van der Waals surface area (Å²) >= 11 is 3.94. The molecule has 2 aromatic heterocycles. The highest BCUT2D eigenvalue weighted by Gasteiger charge is 2.26. The van der Waals surface area contributed by atoms with E-state index in [0.717, 1.165) is 37.9 Å². The highest BCUT2D eigenvalue weighted by atomic mass is 79.9. The Hall–Kier alpha value is -4.33. The number of hydrogen-bond acceptors (Lipinski definition) is 1. The average Bonchev–Trinajstić information content (AvgIpc) is 3.53. The molecule has 0 aliphatic rings. The van der Waals surface area contributed by atoms with Gasteiger partial charge in [-0.3, -0.25) is 0 Å². The summed E-state index contributed by atoms with van der Waals surface area (Å²) in [4.78, 5) is 0. The van der Waals surface area contributed by atoms with Crippen molar-refractivity contribution in [2.24, 2.45) is 0 Å². The smallest absolute Gasteiger partial charge is 0.104 e. The number of fused-ring (bicyclic) bond motifs is 6. The summed E-state index contributed by atoms with van der Waals surface area (Å²) in [5, 5.41) is 16.0. The van der Waals surface area contributed by atoms with Crippen LogP contribution in [0.25, 0.3) is 55.0 Å². The Kier molecular flexibility index (Phi) is 7.97. The molecule has 0 atom stereocenters. The second-order valence-corrected chi connectivity index (χ2v) is 19.4. The number of halogens is 1. The molecule has 3 nitrogen and oxygen atoms in total. The Labute approximate surface area is 312 Å². The Morgan fingerprint density at radius 1 is 0.431 bits per heavy atom. The van der Waals surface area contributed by atoms with Crippen LogP contribution in [-0.4, -0.2) is 9.13 Å². The van der Waals surface area contributed by atoms with Gasteiger partial charge in [-0.25, -0.2) is 0 Å². The Bertz CT molecular complexity index is 2400. The number of aromatic nitrogens is 2. The van der Waals surface area contributed by atoms with Gasteiger partial charge in [-0.1, -0.05) is 135 Å². The van der Waals surface area contributed by atoms with Gasteiger partial charge in [-0.2, -0.15) is 5.26 Å². The molecule has 0 unspecified atom stereocenters. The molecule has 0 fully saturated rings. The number of hydrogen-bond donors (Lipinski definition) is 0. The molecule has 2 heterocycles. The van der Waals surface area contributed by atoms with E-state index >= 15 is 0 Å². The third-order valence-electron chi connectivity index (χ3n) is 10.7. The lowest BCUT2D eigenvalue weighted by Gasteiger charge is -2.21. The van der Waals surface area contributed by atoms with Crippen LogP contribution in [0.5, 0.6) is 0 Å². The van der Waals surface area contributed by atoms with Crippen molar-refractivity contribution in [2.45, 2.75) is 105 Å². The molecule has 0 N–H and O–H groups in total. The fourth-order valence-electron chi connectivity index (χ4n) is 7.47. The van der Waals surface area contributed by atoms with E-state index in [1.807, 2.05) is 0 Å². The van der Waals surface area contributed by atoms with Crippen molar-refractivity contribution >= 4 is 59.5 Å². The molecule has 0 amide bonds. The number of nitrogens with zero attached hydrogens (tertiary/aromatic N) is 3. The van der Waals surface area contributed by atoms with E-state index in [4.69, 9.17) is 0 Å². The van der Waals surface area contributed by atoms with Crippen LogP contribution in [0.4, 0.5) is 0 Å². The number of nitriles is 1. The fraction of sp³-hybridized carbons (Fsp3) is 0.340. The highest BCUT2D eigenvalue weighted by molar-refractivity contribution is 9.10. The third-order valence-corrected chi connectivity index (χ3v) is 11.1. The lowest BCUT2D eigenvalue weighted by molar-refractivity contribution is 0.590. The van der Waals surface area contributed by atoms with E-state index in [2.05, 4.69) is 199 Å². The molecule has 0 saturated carbocycles. The maximum atomic E-state index is 11.3. The molecule has 0 saturated heterocycles. The normalized spacial score (nSPS) is 13.2. The summed E-state index contributed by atoms with van der Waals surface area (Å²) in [5.41, 5.74) is 11.8. The van der Waals surface area contributed by atoms with Gasteiger partial charge in [0.1, 0.15) is 11.6 Å². The summed E-state index contributed by atoms with van der Waals surface area (Å²) in [6.07, 6.45) is 0. The molecule has 7 aromatic rings. The van der Waals surface area contributed by atoms with Gasteiger partial charge in [0.2, 0.25) is 0 Å². The van der Waals surface area contributed by atoms with Crippen LogP contribution in [0.1, 0.15) is 111 Å². The van der Waals surface area contributed by atoms with Crippen LogP contribution in [0.3, 0.4) is 0 Å². The minimum absolute atomic E-state index is 0.00399. The Morgan fingerprint density at radius 2 is 0.765 bits per heavy atom. The van der Waals surface area contributed by atoms with E-state index in [1.165, 1.54) is 43.8 Å². The highest BCUT2D eigenvalue weighted by Crippen LogP contribution is 2.42. The van der Waals surface area contributed by atoms with Gasteiger partial charge in [0, 0.05) is 26.0 Å². The van der Waals surface area contributed by atoms with Gasteiger partial charge in [-0.05, 0) is 92.4 Å². The van der Waals surface area contributed by atoms with Gasteiger partial charge in [-0.15, -0.1) is 0 Å². The molecule has 0 radical (unpaired) electrons. The standard InChI is InChI=1S/C47H50BrN3/c1-44(2,3)28-15-19-38-35(21-28)33-17-13-30(46(7,8)9)23-40(33)50(38)42-25-32(48)26-43(37(42)27-49)51-39-20-16-29(45(4,5)6)22-36(39)34-18-14-31(24-41(34)51)47(10,11)12/h13-26H,1-12H3. The fourth-order valence-corrected chi connectivity index (χ4v) is 7.91. The van der Waals surface area contributed by atoms with Gasteiger partial charge in [0.15, 0.2) is 0 Å². The second kappa shape index (κ2) is 11.6. The predicted molar refractivity (Wildman–Crippen MR) is 222 cm³/mol. The summed E-state index contributed by atoms with van der Waals surface area (Å²) < 4.78 is 5.57. The van der Waals surface area contributed by atoms with Crippen molar-refractivity contribution in [2.75, 3.05) is 0 Å². The van der Waals surface area contributed by atoms with E-state index in [9.17, 15) is 5.26 Å². The molecule has 7 rings (SSSR count). The lowest BCUT2D eigenvalue weighted by atomic mass is 9.85. The molecule has 51 heavy (non-hydrogen) atoms. The molecular formula is C47H50BrN3. The van der Waals surface area contributed by atoms with Crippen LogP contribution in [0, 0.1) is 11.3 Å². The van der Waals surface area contributed by atoms with Crippen molar-refractivity contribution in [3.8, 4) is 17.4 Å². The number of benzene rings is 5. The van der Waals surface area contributed by atoms with E-state index in [0.29, 0.717) is 5.56 Å². The molecule has 260 valence electrons. The summed E-state index contributed by atoms with van der Waals surface area (Å²) in [5.74, 6) is 0. The largest absolute Gasteiger partial charge is 0.308 e. The maximum absolute atomic E-state index is 11.3. The van der Waals surface area contributed by atoms with Crippen LogP contribution >= 0.6 is 15.9 Å². The topological polar surface area (TPSA) is 33.6 Å². The zero-order valence-corrected chi connectivity index (χ0v) is 33.9. The van der Waals surface area contributed by atoms with Gasteiger partial charge in [0.25, 0.3) is 0 Å². The second-order valence-electron chi connectivity index (χ2n) is 18.5. The molecule has 4 heteroatoms. The molecule has 0 aliphatic heterocycles. The van der Waals surface area contributed by atoms with E-state index < -0.39 is 0 Å². The third kappa shape index (κ3) is 5.88. The number of rotatable bonds is 2. The first-order valence-corrected chi connectivity index (χ1v) is 18.9. The Balaban J connectivity index is 1.63. The van der Waals surface area contributed by atoms with E-state index in [1.54, 1.807) is 0 Å². The van der Waals surface area contributed by atoms with Crippen LogP contribution < -0.4 is 0 Å². The first kappa shape index (κ1) is 35.1. The minimum Gasteiger partial charge on any atom is -0.308 e. The quantitative estimate of drug-likeness (QED) is 0.174. The SMILES string of the molecule is CC(C)(C)c1ccc2c(c1)c1ccc(C(C)(C)C)cc1n2-c1cc(Br)cc(-n2c3ccc(C(C)(C)C)cc3c3ccc(C(C)(C)C)cc32)c1C#N. The van der Waals surface area contributed by atoms with Gasteiger partial charge >= 0.3 is 0 Å². The zero-order valence-electron chi connectivity index (χ0n) is 32.3. The zero-order chi connectivity index (χ0) is 37.0. The first-order valence-electron chi connectivity index (χ1n) is 18.1. The molecular weight excluding hydrogens is 686 g/mol. The maximum Gasteiger partial charge on any atom is 0.104 e. The van der Waals surface area contributed by atoms with Crippen LogP contribution in [0.2, 0.25) is 0 Å². The summed E-state index contributed by atoms with van der Waals surface area (Å²) in [6, 6.07) is 34.4. The van der Waals surface area contributed by atoms with Crippen LogP contribution in [0.15, 0.2) is 89.4 Å². The summed E-state index contributed by atoms with van der Waals surface area (Å²) in [6.45, 7) is 27.1. The minimum atomic E-state index is -0.0355. The van der Waals surface area contributed by atoms with Crippen molar-refractivity contribution in [1.29, 1.82) is 5.26 Å². The monoisotopic (exact) mass is 735 g/mol. The lowest BCUT2D eigenvalue weighted by Crippen LogP contribution is -2.11. The van der Waals surface area contributed by atoms with Crippen molar-refractivity contribution in [3.05, 3.63) is 117 Å². The van der Waals surface area contributed by atoms with Crippen molar-refractivity contribution < 1.29 is 0 Å². The molecule has 0 aliphatic carbocycles. The van der Waals surface area contributed by atoms with Crippen molar-refractivity contribution in [1.82, 2.24) is 9.13 Å². The average molecular weight is 737 g/mol. The molecule has 0 spiro atoms. The van der Waals surface area contributed by atoms with Gasteiger partial charge in [0.05, 0.1) is 33.4 Å². The first-order chi connectivity index (χ1) is 23.7. The Morgan fingerprint density at radius 3 is 1.10 bits per heavy atom.